The van der Waals surface area contributed by atoms with Gasteiger partial charge in [-0.15, -0.1) is 0 Å². The van der Waals surface area contributed by atoms with E-state index in [1.54, 1.807) is 0 Å². The lowest BCUT2D eigenvalue weighted by Crippen LogP contribution is -2.25. The number of nitrogens with one attached hydrogen (secondary N) is 1. The third-order valence-electron chi connectivity index (χ3n) is 3.87. The lowest BCUT2D eigenvalue weighted by atomic mass is 10.2. The molecule has 0 saturated heterocycles. The van der Waals surface area contributed by atoms with Gasteiger partial charge in [-0.25, -0.2) is 0 Å². The second kappa shape index (κ2) is 4.52. The van der Waals surface area contributed by atoms with Crippen molar-refractivity contribution in [2.45, 2.75) is 32.4 Å². The van der Waals surface area contributed by atoms with E-state index in [-0.39, 0.29) is 0 Å². The maximum atomic E-state index is 5.43. The number of aromatic nitrogens is 2. The number of nitrogens with zero attached hydrogens (tertiary/aromatic N) is 2. The van der Waals surface area contributed by atoms with Crippen molar-refractivity contribution in [2.75, 3.05) is 13.6 Å². The Hall–Kier alpha value is -1.13. The number of H-pyrrole nitrogens is 1. The van der Waals surface area contributed by atoms with E-state index in [2.05, 4.69) is 46.6 Å². The van der Waals surface area contributed by atoms with E-state index in [1.807, 2.05) is 0 Å². The molecule has 1 fully saturated rings. The Labute approximate surface area is 112 Å². The summed E-state index contributed by atoms with van der Waals surface area (Å²) >= 11 is 5.43. The van der Waals surface area contributed by atoms with Crippen molar-refractivity contribution in [1.29, 1.82) is 0 Å². The summed E-state index contributed by atoms with van der Waals surface area (Å²) in [6.45, 7) is 4.16. The predicted octanol–water partition coefficient (Wildman–Crippen LogP) is 3.10. The second-order valence-electron chi connectivity index (χ2n) is 5.26. The summed E-state index contributed by atoms with van der Waals surface area (Å²) in [6.07, 6.45) is 2.71. The summed E-state index contributed by atoms with van der Waals surface area (Å²) in [5, 5.41) is 0. The van der Waals surface area contributed by atoms with Gasteiger partial charge in [0.15, 0.2) is 4.77 Å². The van der Waals surface area contributed by atoms with Crippen molar-refractivity contribution in [3.63, 3.8) is 0 Å². The van der Waals surface area contributed by atoms with Crippen molar-refractivity contribution in [1.82, 2.24) is 14.5 Å². The van der Waals surface area contributed by atoms with Crippen LogP contribution in [0.3, 0.4) is 0 Å². The zero-order valence-electron chi connectivity index (χ0n) is 10.9. The van der Waals surface area contributed by atoms with Crippen LogP contribution in [0.1, 0.15) is 18.4 Å². The van der Waals surface area contributed by atoms with Gasteiger partial charge in [-0.1, -0.05) is 12.1 Å². The molecule has 1 N–H and O–H groups in total. The number of benzene rings is 1. The zero-order chi connectivity index (χ0) is 12.7. The largest absolute Gasteiger partial charge is 0.330 e. The van der Waals surface area contributed by atoms with E-state index in [9.17, 15) is 0 Å². The molecule has 1 aliphatic rings. The lowest BCUT2D eigenvalue weighted by Gasteiger charge is -2.16. The minimum atomic E-state index is 0.811. The first-order chi connectivity index (χ1) is 8.66. The first-order valence-corrected chi connectivity index (χ1v) is 6.96. The predicted molar refractivity (Wildman–Crippen MR) is 77.5 cm³/mol. The van der Waals surface area contributed by atoms with Gasteiger partial charge in [0.05, 0.1) is 11.0 Å². The molecule has 18 heavy (non-hydrogen) atoms. The average molecular weight is 261 g/mol. The molecule has 0 amide bonds. The first-order valence-electron chi connectivity index (χ1n) is 6.55. The van der Waals surface area contributed by atoms with E-state index in [0.29, 0.717) is 0 Å². The lowest BCUT2D eigenvalue weighted by molar-refractivity contribution is 0.310. The second-order valence-corrected chi connectivity index (χ2v) is 5.65. The van der Waals surface area contributed by atoms with Crippen LogP contribution in [-0.4, -0.2) is 34.1 Å². The first kappa shape index (κ1) is 11.9. The Morgan fingerprint density at radius 1 is 1.44 bits per heavy atom. The number of imidazole rings is 1. The number of likely N-dealkylation sites (N-methyl/N-ethyl adjacent to an activating group) is 1. The molecule has 3 nitrogen and oxygen atoms in total. The van der Waals surface area contributed by atoms with Gasteiger partial charge in [0.1, 0.15) is 0 Å². The molecular formula is C14H19N3S. The van der Waals surface area contributed by atoms with Crippen molar-refractivity contribution in [3.8, 4) is 0 Å². The highest BCUT2D eigenvalue weighted by molar-refractivity contribution is 7.71. The fourth-order valence-corrected chi connectivity index (χ4v) is 2.79. The summed E-state index contributed by atoms with van der Waals surface area (Å²) in [7, 11) is 2.21. The van der Waals surface area contributed by atoms with Gasteiger partial charge < -0.3 is 14.5 Å². The van der Waals surface area contributed by atoms with Crippen molar-refractivity contribution < 1.29 is 0 Å². The van der Waals surface area contributed by atoms with Gasteiger partial charge in [0.2, 0.25) is 0 Å². The Morgan fingerprint density at radius 3 is 2.94 bits per heavy atom. The molecule has 1 aromatic heterocycles. The molecule has 0 atom stereocenters. The topological polar surface area (TPSA) is 24.0 Å². The van der Waals surface area contributed by atoms with Crippen LogP contribution in [0, 0.1) is 11.7 Å². The normalized spacial score (nSPS) is 15.7. The van der Waals surface area contributed by atoms with Crippen LogP contribution in [0.5, 0.6) is 0 Å². The third-order valence-corrected chi connectivity index (χ3v) is 4.19. The number of para-hydroxylation sites is 1. The number of aromatic amines is 1. The maximum absolute atomic E-state index is 5.43. The van der Waals surface area contributed by atoms with Crippen LogP contribution < -0.4 is 0 Å². The van der Waals surface area contributed by atoms with Gasteiger partial charge in [0.25, 0.3) is 0 Å². The summed E-state index contributed by atoms with van der Waals surface area (Å²) in [4.78, 5) is 5.76. The van der Waals surface area contributed by atoms with E-state index in [4.69, 9.17) is 12.2 Å². The minimum absolute atomic E-state index is 0.811. The van der Waals surface area contributed by atoms with Crippen LogP contribution >= 0.6 is 12.2 Å². The van der Waals surface area contributed by atoms with E-state index < -0.39 is 0 Å². The standard InChI is InChI=1S/C14H19N3S/c1-10-4-3-5-12-13(10)15-14(18)17(12)9-8-16(2)11-6-7-11/h3-5,11H,6-9H2,1-2H3,(H,15,18). The van der Waals surface area contributed by atoms with Crippen LogP contribution in [0.2, 0.25) is 0 Å². The molecule has 0 radical (unpaired) electrons. The van der Waals surface area contributed by atoms with E-state index in [0.717, 1.165) is 23.9 Å². The molecule has 0 bridgehead atoms. The highest BCUT2D eigenvalue weighted by Gasteiger charge is 2.25. The molecular weight excluding hydrogens is 242 g/mol. The van der Waals surface area contributed by atoms with Gasteiger partial charge in [-0.2, -0.15) is 0 Å². The van der Waals surface area contributed by atoms with Crippen molar-refractivity contribution >= 4 is 23.3 Å². The smallest absolute Gasteiger partial charge is 0.178 e. The number of aryl methyl sites for hydroxylation is 1. The number of hydrogen-bond donors (Lipinski definition) is 1. The molecule has 3 rings (SSSR count). The molecule has 0 unspecified atom stereocenters. The molecule has 1 heterocycles. The molecule has 0 aliphatic heterocycles. The molecule has 1 aliphatic carbocycles. The Kier molecular flexibility index (Phi) is 2.99. The number of hydrogen-bond acceptors (Lipinski definition) is 2. The Balaban J connectivity index is 1.88. The molecule has 1 saturated carbocycles. The highest BCUT2D eigenvalue weighted by atomic mass is 32.1. The van der Waals surface area contributed by atoms with Crippen LogP contribution in [0.4, 0.5) is 0 Å². The van der Waals surface area contributed by atoms with Gasteiger partial charge in [-0.05, 0) is 50.7 Å². The molecule has 4 heteroatoms. The zero-order valence-corrected chi connectivity index (χ0v) is 11.8. The maximum Gasteiger partial charge on any atom is 0.178 e. The third kappa shape index (κ3) is 2.10. The number of fused-ring (bicyclic) bond motifs is 1. The van der Waals surface area contributed by atoms with Gasteiger partial charge >= 0.3 is 0 Å². The van der Waals surface area contributed by atoms with E-state index >= 15 is 0 Å². The Morgan fingerprint density at radius 2 is 2.22 bits per heavy atom. The summed E-state index contributed by atoms with van der Waals surface area (Å²) < 4.78 is 3.06. The molecule has 1 aromatic carbocycles. The van der Waals surface area contributed by atoms with Crippen LogP contribution in [-0.2, 0) is 6.54 Å². The van der Waals surface area contributed by atoms with E-state index in [1.165, 1.54) is 29.4 Å². The highest BCUT2D eigenvalue weighted by Crippen LogP contribution is 2.25. The summed E-state index contributed by atoms with van der Waals surface area (Å²) in [5.41, 5.74) is 3.66. The summed E-state index contributed by atoms with van der Waals surface area (Å²) in [6, 6.07) is 7.17. The quantitative estimate of drug-likeness (QED) is 0.855. The Bertz CT molecular complexity index is 621. The SMILES string of the molecule is Cc1cccc2c1[nH]c(=S)n2CCN(C)C1CC1. The fourth-order valence-electron chi connectivity index (χ4n) is 2.50. The molecule has 2 aromatic rings. The molecule has 0 spiro atoms. The van der Waals surface area contributed by atoms with Crippen molar-refractivity contribution in [2.24, 2.45) is 0 Å². The monoisotopic (exact) mass is 261 g/mol. The van der Waals surface area contributed by atoms with Crippen LogP contribution in [0.25, 0.3) is 11.0 Å². The summed E-state index contributed by atoms with van der Waals surface area (Å²) in [5.74, 6) is 0. The molecule has 96 valence electrons. The number of rotatable bonds is 4. The fraction of sp³-hybridized carbons (Fsp3) is 0.500. The van der Waals surface area contributed by atoms with Crippen molar-refractivity contribution in [3.05, 3.63) is 28.5 Å². The minimum Gasteiger partial charge on any atom is -0.330 e. The average Bonchev–Trinajstić information content (AvgIpc) is 3.13. The van der Waals surface area contributed by atoms with Crippen LogP contribution in [0.15, 0.2) is 18.2 Å². The van der Waals surface area contributed by atoms with Gasteiger partial charge in [0, 0.05) is 19.1 Å². The van der Waals surface area contributed by atoms with Gasteiger partial charge in [-0.3, -0.25) is 0 Å².